The van der Waals surface area contributed by atoms with Gasteiger partial charge in [0.25, 0.3) is 5.91 Å². The SMILES string of the molecule is C=CCNC(=O)c1cnn(-c2ccccc2F)c1-n1cccc1. The minimum Gasteiger partial charge on any atom is -0.348 e. The number of amides is 1. The van der Waals surface area contributed by atoms with Crippen molar-refractivity contribution in [3.8, 4) is 11.5 Å². The second-order valence-corrected chi connectivity index (χ2v) is 4.83. The number of aromatic nitrogens is 3. The number of benzene rings is 1. The summed E-state index contributed by atoms with van der Waals surface area (Å²) in [5.41, 5.74) is 0.630. The van der Waals surface area contributed by atoms with E-state index in [4.69, 9.17) is 0 Å². The Kier molecular flexibility index (Phi) is 4.05. The zero-order valence-electron chi connectivity index (χ0n) is 12.3. The third-order valence-corrected chi connectivity index (χ3v) is 3.33. The molecule has 1 amide bonds. The molecule has 0 radical (unpaired) electrons. The van der Waals surface area contributed by atoms with Crippen molar-refractivity contribution in [1.82, 2.24) is 19.7 Å². The zero-order chi connectivity index (χ0) is 16.2. The summed E-state index contributed by atoms with van der Waals surface area (Å²) in [5.74, 6) is -0.236. The maximum Gasteiger partial charge on any atom is 0.256 e. The number of hydrogen-bond acceptors (Lipinski definition) is 2. The number of hydrogen-bond donors (Lipinski definition) is 1. The van der Waals surface area contributed by atoms with Crippen LogP contribution in [0.1, 0.15) is 10.4 Å². The molecular formula is C17H15FN4O. The fourth-order valence-corrected chi connectivity index (χ4v) is 2.29. The summed E-state index contributed by atoms with van der Waals surface area (Å²) >= 11 is 0. The fourth-order valence-electron chi connectivity index (χ4n) is 2.29. The second kappa shape index (κ2) is 6.31. The van der Waals surface area contributed by atoms with Crippen LogP contribution < -0.4 is 5.32 Å². The second-order valence-electron chi connectivity index (χ2n) is 4.83. The summed E-state index contributed by atoms with van der Waals surface area (Å²) in [6.45, 7) is 3.91. The highest BCUT2D eigenvalue weighted by atomic mass is 19.1. The van der Waals surface area contributed by atoms with Crippen molar-refractivity contribution in [3.05, 3.63) is 79.0 Å². The van der Waals surface area contributed by atoms with Crippen LogP contribution in [-0.2, 0) is 0 Å². The Morgan fingerprint density at radius 1 is 1.26 bits per heavy atom. The molecule has 0 aliphatic heterocycles. The van der Waals surface area contributed by atoms with E-state index in [1.165, 1.54) is 16.9 Å². The van der Waals surface area contributed by atoms with Crippen LogP contribution in [0, 0.1) is 5.82 Å². The molecule has 0 saturated carbocycles. The van der Waals surface area contributed by atoms with Crippen LogP contribution in [0.4, 0.5) is 4.39 Å². The third-order valence-electron chi connectivity index (χ3n) is 3.33. The van der Waals surface area contributed by atoms with Gasteiger partial charge in [0.15, 0.2) is 5.82 Å². The van der Waals surface area contributed by atoms with Crippen LogP contribution in [0.5, 0.6) is 0 Å². The van der Waals surface area contributed by atoms with E-state index in [-0.39, 0.29) is 11.6 Å². The number of carbonyl (C=O) groups is 1. The van der Waals surface area contributed by atoms with Crippen molar-refractivity contribution in [2.75, 3.05) is 6.54 Å². The number of carbonyl (C=O) groups excluding carboxylic acids is 1. The highest BCUT2D eigenvalue weighted by Crippen LogP contribution is 2.21. The highest BCUT2D eigenvalue weighted by molar-refractivity contribution is 5.97. The Labute approximate surface area is 132 Å². The number of para-hydroxylation sites is 1. The summed E-state index contributed by atoms with van der Waals surface area (Å²) in [5, 5.41) is 6.91. The summed E-state index contributed by atoms with van der Waals surface area (Å²) in [4.78, 5) is 12.3. The minimum absolute atomic E-state index is 0.277. The van der Waals surface area contributed by atoms with Gasteiger partial charge in [-0.15, -0.1) is 6.58 Å². The summed E-state index contributed by atoms with van der Waals surface area (Å²) in [7, 11) is 0. The first kappa shape index (κ1) is 14.8. The molecule has 116 valence electrons. The van der Waals surface area contributed by atoms with Gasteiger partial charge in [-0.3, -0.25) is 4.79 Å². The maximum absolute atomic E-state index is 14.1. The molecule has 0 aliphatic rings. The monoisotopic (exact) mass is 310 g/mol. The minimum atomic E-state index is -0.415. The van der Waals surface area contributed by atoms with E-state index in [1.807, 2.05) is 12.1 Å². The molecule has 2 heterocycles. The van der Waals surface area contributed by atoms with Crippen LogP contribution in [0.2, 0.25) is 0 Å². The molecule has 0 saturated heterocycles. The Morgan fingerprint density at radius 3 is 2.70 bits per heavy atom. The molecule has 1 N–H and O–H groups in total. The molecule has 0 spiro atoms. The van der Waals surface area contributed by atoms with E-state index in [1.54, 1.807) is 41.2 Å². The van der Waals surface area contributed by atoms with Gasteiger partial charge >= 0.3 is 0 Å². The van der Waals surface area contributed by atoms with Gasteiger partial charge < -0.3 is 9.88 Å². The molecule has 0 atom stereocenters. The van der Waals surface area contributed by atoms with Gasteiger partial charge in [-0.25, -0.2) is 9.07 Å². The van der Waals surface area contributed by atoms with Gasteiger partial charge in [0.05, 0.1) is 6.20 Å². The molecule has 2 aromatic heterocycles. The topological polar surface area (TPSA) is 51.9 Å². The quantitative estimate of drug-likeness (QED) is 0.737. The average Bonchev–Trinajstić information content (AvgIpc) is 3.21. The molecule has 0 aliphatic carbocycles. The summed E-state index contributed by atoms with van der Waals surface area (Å²) in [6, 6.07) is 9.94. The smallest absolute Gasteiger partial charge is 0.256 e. The van der Waals surface area contributed by atoms with E-state index in [0.717, 1.165) is 0 Å². The Hall–Kier alpha value is -3.15. The maximum atomic E-state index is 14.1. The van der Waals surface area contributed by atoms with E-state index in [9.17, 15) is 9.18 Å². The molecule has 0 fully saturated rings. The number of rotatable bonds is 5. The third kappa shape index (κ3) is 2.78. The molecule has 1 aromatic carbocycles. The zero-order valence-corrected chi connectivity index (χ0v) is 12.3. The number of nitrogens with zero attached hydrogens (tertiary/aromatic N) is 3. The van der Waals surface area contributed by atoms with Gasteiger partial charge in [0, 0.05) is 18.9 Å². The van der Waals surface area contributed by atoms with E-state index in [2.05, 4.69) is 17.0 Å². The lowest BCUT2D eigenvalue weighted by Crippen LogP contribution is -2.24. The standard InChI is InChI=1S/C17H15FN4O/c1-2-9-19-16(23)13-12-20-22(15-8-4-3-7-14(15)18)17(13)21-10-5-6-11-21/h2-8,10-12H,1,9H2,(H,19,23). The fraction of sp³-hybridized carbons (Fsp3) is 0.0588. The molecule has 0 unspecified atom stereocenters. The summed E-state index contributed by atoms with van der Waals surface area (Å²) in [6.07, 6.45) is 6.58. The lowest BCUT2D eigenvalue weighted by Gasteiger charge is -2.11. The van der Waals surface area contributed by atoms with Crippen molar-refractivity contribution >= 4 is 5.91 Å². The first-order chi connectivity index (χ1) is 11.2. The first-order valence-electron chi connectivity index (χ1n) is 7.07. The van der Waals surface area contributed by atoms with Crippen molar-refractivity contribution in [2.24, 2.45) is 0 Å². The van der Waals surface area contributed by atoms with E-state index >= 15 is 0 Å². The molecule has 23 heavy (non-hydrogen) atoms. The molecular weight excluding hydrogens is 295 g/mol. The van der Waals surface area contributed by atoms with Gasteiger partial charge in [-0.1, -0.05) is 18.2 Å². The van der Waals surface area contributed by atoms with Crippen molar-refractivity contribution in [1.29, 1.82) is 0 Å². The highest BCUT2D eigenvalue weighted by Gasteiger charge is 2.20. The van der Waals surface area contributed by atoms with Crippen LogP contribution in [0.25, 0.3) is 11.5 Å². The van der Waals surface area contributed by atoms with Gasteiger partial charge in [0.1, 0.15) is 17.1 Å². The normalized spacial score (nSPS) is 10.5. The number of nitrogens with one attached hydrogen (secondary N) is 1. The Balaban J connectivity index is 2.15. The van der Waals surface area contributed by atoms with E-state index < -0.39 is 5.82 Å². The predicted octanol–water partition coefficient (Wildman–Crippen LogP) is 2.72. The predicted molar refractivity (Wildman–Crippen MR) is 85.4 cm³/mol. The van der Waals surface area contributed by atoms with Crippen molar-refractivity contribution in [2.45, 2.75) is 0 Å². The largest absolute Gasteiger partial charge is 0.348 e. The number of halogens is 1. The van der Waals surface area contributed by atoms with Crippen LogP contribution in [0.15, 0.2) is 67.6 Å². The van der Waals surface area contributed by atoms with E-state index in [0.29, 0.717) is 17.9 Å². The first-order valence-corrected chi connectivity index (χ1v) is 7.07. The van der Waals surface area contributed by atoms with Crippen molar-refractivity contribution < 1.29 is 9.18 Å². The lowest BCUT2D eigenvalue weighted by atomic mass is 10.2. The van der Waals surface area contributed by atoms with Crippen LogP contribution >= 0.6 is 0 Å². The molecule has 5 nitrogen and oxygen atoms in total. The van der Waals surface area contributed by atoms with Gasteiger partial charge in [0.2, 0.25) is 0 Å². The Bertz CT molecular complexity index is 836. The average molecular weight is 310 g/mol. The molecule has 0 bridgehead atoms. The Morgan fingerprint density at radius 2 is 2.00 bits per heavy atom. The molecule has 6 heteroatoms. The summed E-state index contributed by atoms with van der Waals surface area (Å²) < 4.78 is 17.3. The molecule has 3 rings (SSSR count). The van der Waals surface area contributed by atoms with Gasteiger partial charge in [-0.05, 0) is 24.3 Å². The van der Waals surface area contributed by atoms with Crippen LogP contribution in [-0.4, -0.2) is 26.8 Å². The molecule has 3 aromatic rings. The van der Waals surface area contributed by atoms with Gasteiger partial charge in [-0.2, -0.15) is 5.10 Å². The van der Waals surface area contributed by atoms with Crippen LogP contribution in [0.3, 0.4) is 0 Å². The van der Waals surface area contributed by atoms with Crippen molar-refractivity contribution in [3.63, 3.8) is 0 Å². The lowest BCUT2D eigenvalue weighted by molar-refractivity contribution is 0.0958.